The minimum Gasteiger partial charge on any atom is -0.459 e. The molecule has 2 N–H and O–H groups in total. The molecule has 3 heterocycles. The van der Waals surface area contributed by atoms with E-state index in [1.54, 1.807) is 48.7 Å². The first-order valence-electron chi connectivity index (χ1n) is 8.75. The van der Waals surface area contributed by atoms with E-state index in [0.29, 0.717) is 17.0 Å². The van der Waals surface area contributed by atoms with Gasteiger partial charge in [-0.3, -0.25) is 18.8 Å². The second-order valence-electron chi connectivity index (χ2n) is 6.37. The number of fused-ring (bicyclic) bond motifs is 1. The van der Waals surface area contributed by atoms with Gasteiger partial charge in [-0.2, -0.15) is 0 Å². The predicted octanol–water partition coefficient (Wildman–Crippen LogP) is 3.10. The third-order valence-corrected chi connectivity index (χ3v) is 4.24. The van der Waals surface area contributed by atoms with Crippen molar-refractivity contribution < 1.29 is 14.0 Å². The van der Waals surface area contributed by atoms with Crippen LogP contribution in [0.1, 0.15) is 26.5 Å². The van der Waals surface area contributed by atoms with E-state index in [1.807, 2.05) is 13.0 Å². The Bertz CT molecular complexity index is 1260. The van der Waals surface area contributed by atoms with E-state index in [1.165, 1.54) is 16.9 Å². The quantitative estimate of drug-likeness (QED) is 0.559. The van der Waals surface area contributed by atoms with Crippen molar-refractivity contribution >= 4 is 28.8 Å². The molecule has 0 atom stereocenters. The smallest absolute Gasteiger partial charge is 0.291 e. The molecule has 0 spiro atoms. The van der Waals surface area contributed by atoms with Gasteiger partial charge in [-0.05, 0) is 55.0 Å². The average molecular weight is 388 g/mol. The van der Waals surface area contributed by atoms with Gasteiger partial charge in [-0.1, -0.05) is 6.07 Å². The summed E-state index contributed by atoms with van der Waals surface area (Å²) in [5.41, 5.74) is 1.84. The number of aryl methyl sites for hydroxylation is 1. The molecule has 29 heavy (non-hydrogen) atoms. The van der Waals surface area contributed by atoms with Crippen LogP contribution in [0.15, 0.2) is 76.4 Å². The largest absolute Gasteiger partial charge is 0.459 e. The second-order valence-corrected chi connectivity index (χ2v) is 6.37. The molecule has 8 nitrogen and oxygen atoms in total. The zero-order valence-electron chi connectivity index (χ0n) is 15.4. The lowest BCUT2D eigenvalue weighted by Crippen LogP contribution is -2.26. The highest BCUT2D eigenvalue weighted by Gasteiger charge is 2.14. The Labute approximate surface area is 164 Å². The van der Waals surface area contributed by atoms with Crippen molar-refractivity contribution in [3.05, 3.63) is 94.4 Å². The fourth-order valence-electron chi connectivity index (χ4n) is 2.77. The maximum atomic E-state index is 12.6. The van der Waals surface area contributed by atoms with E-state index in [-0.39, 0.29) is 17.2 Å². The second kappa shape index (κ2) is 7.43. The van der Waals surface area contributed by atoms with Gasteiger partial charge in [0.15, 0.2) is 5.76 Å². The van der Waals surface area contributed by atoms with Gasteiger partial charge in [-0.25, -0.2) is 4.98 Å². The van der Waals surface area contributed by atoms with Crippen molar-refractivity contribution in [3.8, 4) is 0 Å². The molecule has 0 aliphatic carbocycles. The van der Waals surface area contributed by atoms with Crippen molar-refractivity contribution in [2.45, 2.75) is 6.92 Å². The van der Waals surface area contributed by atoms with Crippen LogP contribution in [-0.2, 0) is 0 Å². The summed E-state index contributed by atoms with van der Waals surface area (Å²) < 4.78 is 6.38. The number of anilines is 2. The summed E-state index contributed by atoms with van der Waals surface area (Å²) in [6, 6.07) is 13.2. The van der Waals surface area contributed by atoms with Crippen molar-refractivity contribution in [1.82, 2.24) is 9.38 Å². The molecule has 3 aromatic heterocycles. The Kier molecular flexibility index (Phi) is 4.66. The first kappa shape index (κ1) is 18.2. The molecule has 0 aliphatic heterocycles. The van der Waals surface area contributed by atoms with Crippen LogP contribution in [0.5, 0.6) is 0 Å². The number of aromatic nitrogens is 2. The van der Waals surface area contributed by atoms with E-state index in [0.717, 1.165) is 5.56 Å². The summed E-state index contributed by atoms with van der Waals surface area (Å²) in [4.78, 5) is 41.3. The number of pyridine rings is 1. The van der Waals surface area contributed by atoms with Crippen LogP contribution in [0.4, 0.5) is 11.4 Å². The number of nitrogens with zero attached hydrogens (tertiary/aromatic N) is 2. The molecule has 0 fully saturated rings. The van der Waals surface area contributed by atoms with E-state index >= 15 is 0 Å². The molecule has 0 saturated heterocycles. The molecule has 8 heteroatoms. The van der Waals surface area contributed by atoms with Crippen molar-refractivity contribution in [1.29, 1.82) is 0 Å². The van der Waals surface area contributed by atoms with Gasteiger partial charge >= 0.3 is 0 Å². The molecule has 0 saturated carbocycles. The molecule has 2 amide bonds. The summed E-state index contributed by atoms with van der Waals surface area (Å²) in [6.07, 6.45) is 4.32. The number of hydrogen-bond donors (Lipinski definition) is 2. The van der Waals surface area contributed by atoms with Gasteiger partial charge < -0.3 is 15.1 Å². The van der Waals surface area contributed by atoms with Gasteiger partial charge in [-0.15, -0.1) is 0 Å². The number of carbonyl (C=O) groups excluding carboxylic acids is 2. The van der Waals surface area contributed by atoms with E-state index in [2.05, 4.69) is 15.6 Å². The number of carbonyl (C=O) groups is 2. The van der Waals surface area contributed by atoms with Gasteiger partial charge in [0.25, 0.3) is 17.4 Å². The highest BCUT2D eigenvalue weighted by Crippen LogP contribution is 2.15. The number of amides is 2. The molecular weight excluding hydrogens is 372 g/mol. The first-order valence-corrected chi connectivity index (χ1v) is 8.75. The number of furan rings is 1. The van der Waals surface area contributed by atoms with Crippen LogP contribution in [0.3, 0.4) is 0 Å². The molecule has 0 radical (unpaired) electrons. The Morgan fingerprint density at radius 1 is 0.966 bits per heavy atom. The molecule has 0 aliphatic rings. The minimum absolute atomic E-state index is 0.0664. The lowest BCUT2D eigenvalue weighted by molar-refractivity contribution is 0.0994. The number of hydrogen-bond acceptors (Lipinski definition) is 5. The Morgan fingerprint density at radius 3 is 2.31 bits per heavy atom. The summed E-state index contributed by atoms with van der Waals surface area (Å²) in [5.74, 6) is -0.745. The Hall–Kier alpha value is -4.20. The fraction of sp³-hybridized carbons (Fsp3) is 0.0476. The minimum atomic E-state index is -0.564. The standard InChI is InChI=1S/C21H16N4O4/c1-13-4-9-18-22-11-16(21(28)25(18)12-13)19(26)23-14-5-7-15(8-6-14)24-20(27)17-3-2-10-29-17/h2-12H,1H3,(H,23,26)(H,24,27). The summed E-state index contributed by atoms with van der Waals surface area (Å²) in [6.45, 7) is 1.85. The number of rotatable bonds is 4. The highest BCUT2D eigenvalue weighted by molar-refractivity contribution is 6.04. The first-order chi connectivity index (χ1) is 14.0. The van der Waals surface area contributed by atoms with E-state index in [9.17, 15) is 14.4 Å². The van der Waals surface area contributed by atoms with Gasteiger partial charge in [0.1, 0.15) is 11.2 Å². The van der Waals surface area contributed by atoms with Crippen LogP contribution in [0.2, 0.25) is 0 Å². The maximum Gasteiger partial charge on any atom is 0.291 e. The van der Waals surface area contributed by atoms with Crippen molar-refractivity contribution in [3.63, 3.8) is 0 Å². The van der Waals surface area contributed by atoms with Crippen LogP contribution in [0, 0.1) is 6.92 Å². The molecular formula is C21H16N4O4. The zero-order valence-corrected chi connectivity index (χ0v) is 15.4. The number of benzene rings is 1. The number of nitrogens with one attached hydrogen (secondary N) is 2. The van der Waals surface area contributed by atoms with Crippen LogP contribution in [0.25, 0.3) is 5.65 Å². The average Bonchev–Trinajstić information content (AvgIpc) is 3.25. The molecule has 4 rings (SSSR count). The maximum absolute atomic E-state index is 12.6. The lowest BCUT2D eigenvalue weighted by Gasteiger charge is -2.08. The predicted molar refractivity (Wildman–Crippen MR) is 107 cm³/mol. The third-order valence-electron chi connectivity index (χ3n) is 4.24. The monoisotopic (exact) mass is 388 g/mol. The molecule has 0 unspecified atom stereocenters. The molecule has 0 bridgehead atoms. The molecule has 4 aromatic rings. The van der Waals surface area contributed by atoms with Gasteiger partial charge in [0, 0.05) is 23.8 Å². The van der Waals surface area contributed by atoms with Crippen LogP contribution < -0.4 is 16.2 Å². The summed E-state index contributed by atoms with van der Waals surface area (Å²) in [7, 11) is 0. The summed E-state index contributed by atoms with van der Waals surface area (Å²) >= 11 is 0. The van der Waals surface area contributed by atoms with Gasteiger partial charge in [0.2, 0.25) is 0 Å². The SMILES string of the molecule is Cc1ccc2ncc(C(=O)Nc3ccc(NC(=O)c4ccco4)cc3)c(=O)n2c1. The molecule has 144 valence electrons. The fourth-order valence-corrected chi connectivity index (χ4v) is 2.77. The van der Waals surface area contributed by atoms with Crippen LogP contribution in [-0.4, -0.2) is 21.2 Å². The van der Waals surface area contributed by atoms with Crippen molar-refractivity contribution in [2.75, 3.05) is 10.6 Å². The highest BCUT2D eigenvalue weighted by atomic mass is 16.3. The lowest BCUT2D eigenvalue weighted by atomic mass is 10.2. The zero-order chi connectivity index (χ0) is 20.4. The molecule has 1 aromatic carbocycles. The van der Waals surface area contributed by atoms with Gasteiger partial charge in [0.05, 0.1) is 6.26 Å². The normalized spacial score (nSPS) is 10.7. The van der Waals surface area contributed by atoms with Crippen molar-refractivity contribution in [2.24, 2.45) is 0 Å². The van der Waals surface area contributed by atoms with E-state index < -0.39 is 11.5 Å². The van der Waals surface area contributed by atoms with E-state index in [4.69, 9.17) is 4.42 Å². The Balaban J connectivity index is 1.50. The van der Waals surface area contributed by atoms with Crippen LogP contribution >= 0.6 is 0 Å². The Morgan fingerprint density at radius 2 is 1.66 bits per heavy atom. The topological polar surface area (TPSA) is 106 Å². The third kappa shape index (κ3) is 3.77. The summed E-state index contributed by atoms with van der Waals surface area (Å²) in [5, 5.41) is 5.35.